The molecule has 1 N–H and O–H groups in total. The molecule has 3 aromatic rings. The average molecular weight is 291 g/mol. The summed E-state index contributed by atoms with van der Waals surface area (Å²) in [6, 6.07) is 12.4. The molecule has 5 heteroatoms. The van der Waals surface area contributed by atoms with Crippen LogP contribution in [0.4, 0.5) is 0 Å². The summed E-state index contributed by atoms with van der Waals surface area (Å²) in [6.45, 7) is 0. The molecule has 0 bridgehead atoms. The van der Waals surface area contributed by atoms with Crippen molar-refractivity contribution in [3.8, 4) is 11.3 Å². The fourth-order valence-corrected chi connectivity index (χ4v) is 2.50. The topological polar surface area (TPSA) is 45.8 Å². The van der Waals surface area contributed by atoms with Crippen molar-refractivity contribution in [2.75, 3.05) is 0 Å². The molecule has 0 saturated carbocycles. The minimum atomic E-state index is -0.218. The van der Waals surface area contributed by atoms with E-state index in [1.165, 1.54) is 0 Å². The van der Waals surface area contributed by atoms with Gasteiger partial charge in [-0.05, 0) is 24.3 Å². The Balaban J connectivity index is 2.37. The highest BCUT2D eigenvalue weighted by Gasteiger charge is 2.11. The molecule has 0 radical (unpaired) electrons. The van der Waals surface area contributed by atoms with Crippen molar-refractivity contribution in [2.45, 2.75) is 0 Å². The highest BCUT2D eigenvalue weighted by atomic mass is 35.5. The zero-order valence-electron chi connectivity index (χ0n) is 9.65. The van der Waals surface area contributed by atoms with Crippen molar-refractivity contribution in [3.63, 3.8) is 0 Å². The Kier molecular flexibility index (Phi) is 3.01. The quantitative estimate of drug-likeness (QED) is 0.739. The molecular formula is C14H8Cl2N2O. The second kappa shape index (κ2) is 4.68. The molecule has 0 spiro atoms. The van der Waals surface area contributed by atoms with Crippen LogP contribution in [0.1, 0.15) is 0 Å². The van der Waals surface area contributed by atoms with Gasteiger partial charge in [0.25, 0.3) is 5.56 Å². The molecule has 0 fully saturated rings. The number of hydrogen-bond donors (Lipinski definition) is 1. The Hall–Kier alpha value is -1.84. The van der Waals surface area contributed by atoms with E-state index in [0.29, 0.717) is 21.1 Å². The smallest absolute Gasteiger partial charge is 0.267 e. The Morgan fingerprint density at radius 1 is 1.00 bits per heavy atom. The highest BCUT2D eigenvalue weighted by molar-refractivity contribution is 6.36. The van der Waals surface area contributed by atoms with Crippen LogP contribution in [0.2, 0.25) is 10.0 Å². The molecule has 0 aliphatic carbocycles. The zero-order valence-corrected chi connectivity index (χ0v) is 11.2. The number of aromatic nitrogens is 2. The number of nitrogens with one attached hydrogen (secondary N) is 1. The predicted octanol–water partition coefficient (Wildman–Crippen LogP) is 3.90. The third-order valence-corrected chi connectivity index (χ3v) is 3.43. The van der Waals surface area contributed by atoms with Crippen molar-refractivity contribution >= 4 is 34.0 Å². The van der Waals surface area contributed by atoms with Crippen LogP contribution in [0.3, 0.4) is 0 Å². The summed E-state index contributed by atoms with van der Waals surface area (Å²) in [5.41, 5.74) is 1.15. The monoisotopic (exact) mass is 290 g/mol. The third-order valence-electron chi connectivity index (χ3n) is 2.88. The number of halogens is 2. The molecule has 1 heterocycles. The lowest BCUT2D eigenvalue weighted by Gasteiger charge is -2.07. The van der Waals surface area contributed by atoms with Crippen molar-refractivity contribution < 1.29 is 0 Å². The van der Waals surface area contributed by atoms with Gasteiger partial charge >= 0.3 is 0 Å². The van der Waals surface area contributed by atoms with E-state index in [9.17, 15) is 4.79 Å². The van der Waals surface area contributed by atoms with E-state index in [-0.39, 0.29) is 5.56 Å². The summed E-state index contributed by atoms with van der Waals surface area (Å²) in [5.74, 6) is 0. The van der Waals surface area contributed by atoms with Crippen molar-refractivity contribution in [1.82, 2.24) is 10.2 Å². The Labute approximate surface area is 118 Å². The Morgan fingerprint density at radius 3 is 2.47 bits per heavy atom. The van der Waals surface area contributed by atoms with Gasteiger partial charge in [0, 0.05) is 16.0 Å². The first-order valence-electron chi connectivity index (χ1n) is 5.59. The molecule has 0 unspecified atom stereocenters. The standard InChI is InChI=1S/C14H8Cl2N2O/c15-8-5-6-11(12(16)7-8)13-9-3-1-2-4-10(9)14(19)18-17-13/h1-7H,(H,18,19). The average Bonchev–Trinajstić information content (AvgIpc) is 2.41. The second-order valence-corrected chi connectivity index (χ2v) is 4.91. The molecule has 3 nitrogen and oxygen atoms in total. The summed E-state index contributed by atoms with van der Waals surface area (Å²) < 4.78 is 0. The molecule has 19 heavy (non-hydrogen) atoms. The van der Waals surface area contributed by atoms with Gasteiger partial charge in [0.2, 0.25) is 0 Å². The lowest BCUT2D eigenvalue weighted by molar-refractivity contribution is 1.02. The fraction of sp³-hybridized carbons (Fsp3) is 0. The van der Waals surface area contributed by atoms with E-state index in [1.807, 2.05) is 18.2 Å². The van der Waals surface area contributed by atoms with Crippen molar-refractivity contribution in [2.24, 2.45) is 0 Å². The number of fused-ring (bicyclic) bond motifs is 1. The molecule has 0 saturated heterocycles. The van der Waals surface area contributed by atoms with Crippen molar-refractivity contribution in [1.29, 1.82) is 0 Å². The minimum Gasteiger partial charge on any atom is -0.267 e. The lowest BCUT2D eigenvalue weighted by atomic mass is 10.1. The van der Waals surface area contributed by atoms with Crippen LogP contribution in [-0.4, -0.2) is 10.2 Å². The largest absolute Gasteiger partial charge is 0.272 e. The maximum absolute atomic E-state index is 11.7. The zero-order chi connectivity index (χ0) is 13.4. The molecule has 1 aromatic heterocycles. The first-order valence-corrected chi connectivity index (χ1v) is 6.35. The first kappa shape index (κ1) is 12.2. The van der Waals surface area contributed by atoms with Crippen LogP contribution < -0.4 is 5.56 Å². The van der Waals surface area contributed by atoms with E-state index < -0.39 is 0 Å². The number of aromatic amines is 1. The second-order valence-electron chi connectivity index (χ2n) is 4.07. The molecule has 0 aliphatic rings. The summed E-state index contributed by atoms with van der Waals surface area (Å²) in [5, 5.41) is 8.99. The summed E-state index contributed by atoms with van der Waals surface area (Å²) in [7, 11) is 0. The van der Waals surface area contributed by atoms with Gasteiger partial charge in [0.05, 0.1) is 10.4 Å². The maximum atomic E-state index is 11.7. The number of nitrogens with zero attached hydrogens (tertiary/aromatic N) is 1. The van der Waals surface area contributed by atoms with Crippen LogP contribution in [0.5, 0.6) is 0 Å². The van der Waals surface area contributed by atoms with Gasteiger partial charge in [0.1, 0.15) is 5.69 Å². The highest BCUT2D eigenvalue weighted by Crippen LogP contribution is 2.32. The number of H-pyrrole nitrogens is 1. The van der Waals surface area contributed by atoms with Gasteiger partial charge in [-0.2, -0.15) is 5.10 Å². The fourth-order valence-electron chi connectivity index (χ4n) is 2.00. The molecular weight excluding hydrogens is 283 g/mol. The van der Waals surface area contributed by atoms with E-state index in [4.69, 9.17) is 23.2 Å². The number of hydrogen-bond acceptors (Lipinski definition) is 2. The maximum Gasteiger partial charge on any atom is 0.272 e. The van der Waals surface area contributed by atoms with E-state index in [2.05, 4.69) is 10.2 Å². The normalized spacial score (nSPS) is 10.8. The molecule has 0 atom stereocenters. The number of rotatable bonds is 1. The lowest BCUT2D eigenvalue weighted by Crippen LogP contribution is -2.09. The van der Waals surface area contributed by atoms with Gasteiger partial charge in [-0.15, -0.1) is 0 Å². The van der Waals surface area contributed by atoms with Gasteiger partial charge in [-0.1, -0.05) is 41.4 Å². The van der Waals surface area contributed by atoms with E-state index >= 15 is 0 Å². The van der Waals surface area contributed by atoms with Crippen molar-refractivity contribution in [3.05, 3.63) is 62.9 Å². The minimum absolute atomic E-state index is 0.218. The number of benzene rings is 2. The molecule has 3 rings (SSSR count). The predicted molar refractivity (Wildman–Crippen MR) is 77.8 cm³/mol. The Bertz CT molecular complexity index is 827. The molecule has 0 aliphatic heterocycles. The van der Waals surface area contributed by atoms with Gasteiger partial charge in [0.15, 0.2) is 0 Å². The van der Waals surface area contributed by atoms with Crippen LogP contribution in [0.25, 0.3) is 22.0 Å². The molecule has 94 valence electrons. The van der Waals surface area contributed by atoms with Gasteiger partial charge < -0.3 is 0 Å². The summed E-state index contributed by atoms with van der Waals surface area (Å²) in [6.07, 6.45) is 0. The van der Waals surface area contributed by atoms with Gasteiger partial charge in [-0.3, -0.25) is 4.79 Å². The van der Waals surface area contributed by atoms with E-state index in [0.717, 1.165) is 10.9 Å². The molecule has 0 amide bonds. The summed E-state index contributed by atoms with van der Waals surface area (Å²) in [4.78, 5) is 11.7. The van der Waals surface area contributed by atoms with Crippen LogP contribution in [0.15, 0.2) is 47.3 Å². The first-order chi connectivity index (χ1) is 9.16. The van der Waals surface area contributed by atoms with Crippen LogP contribution in [-0.2, 0) is 0 Å². The molecule has 2 aromatic carbocycles. The van der Waals surface area contributed by atoms with E-state index in [1.54, 1.807) is 24.3 Å². The van der Waals surface area contributed by atoms with Crippen LogP contribution in [0, 0.1) is 0 Å². The Morgan fingerprint density at radius 2 is 1.74 bits per heavy atom. The summed E-state index contributed by atoms with van der Waals surface area (Å²) >= 11 is 12.1. The van der Waals surface area contributed by atoms with Gasteiger partial charge in [-0.25, -0.2) is 5.10 Å². The third kappa shape index (κ3) is 2.11. The SMILES string of the molecule is O=c1[nH]nc(-c2ccc(Cl)cc2Cl)c2ccccc12. The van der Waals surface area contributed by atoms with Crippen LogP contribution >= 0.6 is 23.2 Å².